The smallest absolute Gasteiger partial charge is 0.416 e. The molecule has 0 saturated heterocycles. The molecule has 0 spiro atoms. The van der Waals surface area contributed by atoms with Gasteiger partial charge in [-0.2, -0.15) is 13.2 Å². The normalized spacial score (nSPS) is 10.9. The van der Waals surface area contributed by atoms with E-state index in [1.807, 2.05) is 0 Å². The van der Waals surface area contributed by atoms with Gasteiger partial charge in [-0.15, -0.1) is 0 Å². The fraction of sp³-hybridized carbons (Fsp3) is 0.211. The molecule has 0 bridgehead atoms. The number of alkyl halides is 3. The first kappa shape index (κ1) is 22.2. The average molecular weight is 429 g/mol. The molecule has 154 valence electrons. The molecule has 0 radical (unpaired) electrons. The van der Waals surface area contributed by atoms with Crippen molar-refractivity contribution in [1.29, 1.82) is 0 Å². The van der Waals surface area contributed by atoms with Crippen molar-refractivity contribution in [3.8, 4) is 0 Å². The number of carbonyl (C=O) groups is 3. The van der Waals surface area contributed by atoms with E-state index in [1.165, 1.54) is 0 Å². The number of hydrogen-bond acceptors (Lipinski definition) is 4. The molecule has 2 aromatic carbocycles. The zero-order valence-corrected chi connectivity index (χ0v) is 15.9. The van der Waals surface area contributed by atoms with Crippen molar-refractivity contribution in [2.24, 2.45) is 0 Å². The Balaban J connectivity index is 1.78. The number of carbonyl (C=O) groups excluding carboxylic acids is 3. The summed E-state index contributed by atoms with van der Waals surface area (Å²) < 4.78 is 42.2. The number of hydrogen-bond donors (Lipinski definition) is 2. The molecule has 10 heteroatoms. The maximum Gasteiger partial charge on any atom is 0.416 e. The Hall–Kier alpha value is -3.07. The highest BCUT2D eigenvalue weighted by molar-refractivity contribution is 6.31. The average Bonchev–Trinajstić information content (AvgIpc) is 2.67. The second kappa shape index (κ2) is 9.42. The van der Waals surface area contributed by atoms with Crippen molar-refractivity contribution in [3.05, 3.63) is 64.2 Å². The van der Waals surface area contributed by atoms with Gasteiger partial charge in [0.1, 0.15) is 0 Å². The maximum absolute atomic E-state index is 12.5. The molecule has 0 heterocycles. The maximum atomic E-state index is 12.5. The van der Waals surface area contributed by atoms with Crippen molar-refractivity contribution in [2.75, 3.05) is 18.5 Å². The summed E-state index contributed by atoms with van der Waals surface area (Å²) in [7, 11) is 0. The Bertz CT molecular complexity index is 915. The third kappa shape index (κ3) is 6.49. The zero-order valence-electron chi connectivity index (χ0n) is 15.1. The van der Waals surface area contributed by atoms with E-state index in [0.717, 1.165) is 24.3 Å². The summed E-state index contributed by atoms with van der Waals surface area (Å²) in [5.74, 6) is -2.23. The second-order valence-corrected chi connectivity index (χ2v) is 6.30. The Morgan fingerprint density at radius 2 is 1.69 bits per heavy atom. The summed E-state index contributed by atoms with van der Waals surface area (Å²) in [5.41, 5.74) is 0.109. The first-order valence-electron chi connectivity index (χ1n) is 8.24. The number of anilines is 1. The molecule has 2 aromatic rings. The first-order chi connectivity index (χ1) is 13.6. The van der Waals surface area contributed by atoms with Gasteiger partial charge in [0.25, 0.3) is 5.91 Å². The van der Waals surface area contributed by atoms with Gasteiger partial charge in [0.05, 0.1) is 17.7 Å². The highest BCUT2D eigenvalue weighted by Crippen LogP contribution is 2.29. The Morgan fingerprint density at radius 3 is 2.31 bits per heavy atom. The van der Waals surface area contributed by atoms with Crippen molar-refractivity contribution in [1.82, 2.24) is 5.32 Å². The summed E-state index contributed by atoms with van der Waals surface area (Å²) in [6, 6.07) is 8.33. The Labute approximate surface area is 169 Å². The molecule has 29 heavy (non-hydrogen) atoms. The van der Waals surface area contributed by atoms with Crippen LogP contribution in [-0.4, -0.2) is 30.9 Å². The molecule has 0 unspecified atom stereocenters. The van der Waals surface area contributed by atoms with Crippen LogP contribution in [0.15, 0.2) is 42.5 Å². The number of rotatable bonds is 6. The third-order valence-electron chi connectivity index (χ3n) is 3.77. The lowest BCUT2D eigenvalue weighted by Crippen LogP contribution is -2.35. The lowest BCUT2D eigenvalue weighted by atomic mass is 10.1. The highest BCUT2D eigenvalue weighted by Gasteiger charge is 2.30. The van der Waals surface area contributed by atoms with E-state index in [-0.39, 0.29) is 12.1 Å². The predicted octanol–water partition coefficient (Wildman–Crippen LogP) is 3.58. The Morgan fingerprint density at radius 1 is 1.03 bits per heavy atom. The molecule has 6 nitrogen and oxygen atoms in total. The van der Waals surface area contributed by atoms with Gasteiger partial charge >= 0.3 is 12.1 Å². The Kier molecular flexibility index (Phi) is 7.22. The number of benzene rings is 2. The fourth-order valence-electron chi connectivity index (χ4n) is 2.18. The van der Waals surface area contributed by atoms with E-state index in [2.05, 4.69) is 10.6 Å². The molecule has 2 rings (SSSR count). The van der Waals surface area contributed by atoms with Gasteiger partial charge in [0, 0.05) is 10.7 Å². The first-order valence-corrected chi connectivity index (χ1v) is 8.62. The molecule has 2 N–H and O–H groups in total. The number of ether oxygens (including phenoxy) is 1. The summed E-state index contributed by atoms with van der Waals surface area (Å²) in [6.45, 7) is 0.656. The molecule has 0 saturated carbocycles. The van der Waals surface area contributed by atoms with Gasteiger partial charge in [0.2, 0.25) is 5.91 Å². The lowest BCUT2D eigenvalue weighted by Gasteiger charge is -2.10. The fourth-order valence-corrected chi connectivity index (χ4v) is 2.35. The van der Waals surface area contributed by atoms with Crippen LogP contribution in [-0.2, 0) is 20.5 Å². The van der Waals surface area contributed by atoms with Crippen LogP contribution in [0.5, 0.6) is 0 Å². The van der Waals surface area contributed by atoms with Crippen LogP contribution in [0.2, 0.25) is 5.02 Å². The molecule has 0 aromatic heterocycles. The third-order valence-corrected chi connectivity index (χ3v) is 4.18. The van der Waals surface area contributed by atoms with Crippen LogP contribution in [0.3, 0.4) is 0 Å². The van der Waals surface area contributed by atoms with Gasteiger partial charge in [-0.25, -0.2) is 4.79 Å². The largest absolute Gasteiger partial charge is 0.452 e. The van der Waals surface area contributed by atoms with Gasteiger partial charge < -0.3 is 15.4 Å². The number of amides is 2. The van der Waals surface area contributed by atoms with E-state index in [4.69, 9.17) is 16.3 Å². The van der Waals surface area contributed by atoms with E-state index in [0.29, 0.717) is 16.3 Å². The highest BCUT2D eigenvalue weighted by atomic mass is 35.5. The standard InChI is InChI=1S/C19H16ClF3N2O4/c1-11-14(20)3-2-4-15(11)25-16(26)9-24-17(27)10-29-18(28)12-5-7-13(8-6-12)19(21,22)23/h2-8H,9-10H2,1H3,(H,24,27)(H,25,26). The second-order valence-electron chi connectivity index (χ2n) is 5.89. The molecular weight excluding hydrogens is 413 g/mol. The molecular formula is C19H16ClF3N2O4. The van der Waals surface area contributed by atoms with E-state index < -0.39 is 36.1 Å². The molecule has 0 aliphatic rings. The molecule has 0 aliphatic carbocycles. The predicted molar refractivity (Wildman–Crippen MR) is 99.6 cm³/mol. The topological polar surface area (TPSA) is 84.5 Å². The lowest BCUT2D eigenvalue weighted by molar-refractivity contribution is -0.137. The van der Waals surface area contributed by atoms with Crippen LogP contribution >= 0.6 is 11.6 Å². The van der Waals surface area contributed by atoms with Crippen molar-refractivity contribution >= 4 is 35.1 Å². The molecule has 2 amide bonds. The van der Waals surface area contributed by atoms with Crippen LogP contribution in [0.1, 0.15) is 21.5 Å². The number of nitrogens with one attached hydrogen (secondary N) is 2. The van der Waals surface area contributed by atoms with Crippen molar-refractivity contribution in [3.63, 3.8) is 0 Å². The SMILES string of the molecule is Cc1c(Cl)cccc1NC(=O)CNC(=O)COC(=O)c1ccc(C(F)(F)F)cc1. The minimum atomic E-state index is -4.52. The number of halogens is 4. The van der Waals surface area contributed by atoms with Crippen LogP contribution in [0.25, 0.3) is 0 Å². The van der Waals surface area contributed by atoms with Crippen LogP contribution in [0.4, 0.5) is 18.9 Å². The van der Waals surface area contributed by atoms with Crippen LogP contribution in [0, 0.1) is 6.92 Å². The van der Waals surface area contributed by atoms with Gasteiger partial charge in [-0.3, -0.25) is 9.59 Å². The summed E-state index contributed by atoms with van der Waals surface area (Å²) >= 11 is 5.95. The van der Waals surface area contributed by atoms with E-state index in [9.17, 15) is 27.6 Å². The summed E-state index contributed by atoms with van der Waals surface area (Å²) in [5, 5.41) is 5.31. The summed E-state index contributed by atoms with van der Waals surface area (Å²) in [6.07, 6.45) is -4.52. The van der Waals surface area contributed by atoms with Gasteiger partial charge in [-0.1, -0.05) is 17.7 Å². The monoisotopic (exact) mass is 428 g/mol. The van der Waals surface area contributed by atoms with Gasteiger partial charge in [0.15, 0.2) is 6.61 Å². The zero-order chi connectivity index (χ0) is 21.6. The minimum absolute atomic E-state index is 0.139. The van der Waals surface area contributed by atoms with Crippen molar-refractivity contribution in [2.45, 2.75) is 13.1 Å². The molecule has 0 atom stereocenters. The van der Waals surface area contributed by atoms with E-state index in [1.54, 1.807) is 25.1 Å². The quantitative estimate of drug-likeness (QED) is 0.689. The minimum Gasteiger partial charge on any atom is -0.452 e. The molecule has 0 aliphatic heterocycles. The number of esters is 1. The van der Waals surface area contributed by atoms with E-state index >= 15 is 0 Å². The molecule has 0 fully saturated rings. The summed E-state index contributed by atoms with van der Waals surface area (Å²) in [4.78, 5) is 35.4. The van der Waals surface area contributed by atoms with Crippen molar-refractivity contribution < 1.29 is 32.3 Å². The van der Waals surface area contributed by atoms with Gasteiger partial charge in [-0.05, 0) is 48.9 Å². The van der Waals surface area contributed by atoms with Crippen LogP contribution < -0.4 is 10.6 Å².